The van der Waals surface area contributed by atoms with Crippen molar-refractivity contribution in [3.63, 3.8) is 0 Å². The third-order valence-electron chi connectivity index (χ3n) is 5.04. The Morgan fingerprint density at radius 3 is 2.80 bits per heavy atom. The normalized spacial score (nSPS) is 27.0. The zero-order chi connectivity index (χ0) is 13.9. The van der Waals surface area contributed by atoms with Crippen LogP contribution in [0.3, 0.4) is 0 Å². The fraction of sp³-hybridized carbons (Fsp3) is 0.667. The SMILES string of the molecule is CCC1CCN(c2ccc3c(c2)CCC3)CCC(C)N1. The molecule has 2 nitrogen and oxygen atoms in total. The first kappa shape index (κ1) is 13.9. The van der Waals surface area contributed by atoms with E-state index in [1.54, 1.807) is 11.1 Å². The molecule has 1 aromatic carbocycles. The van der Waals surface area contributed by atoms with Gasteiger partial charge >= 0.3 is 0 Å². The van der Waals surface area contributed by atoms with Gasteiger partial charge in [-0.2, -0.15) is 0 Å². The average Bonchev–Trinajstić information content (AvgIpc) is 2.90. The largest absolute Gasteiger partial charge is 0.371 e. The molecular weight excluding hydrogens is 244 g/mol. The molecule has 1 aliphatic carbocycles. The van der Waals surface area contributed by atoms with Gasteiger partial charge in [0.05, 0.1) is 0 Å². The van der Waals surface area contributed by atoms with Gasteiger partial charge in [0, 0.05) is 30.9 Å². The van der Waals surface area contributed by atoms with E-state index in [1.807, 2.05) is 0 Å². The first-order valence-electron chi connectivity index (χ1n) is 8.39. The minimum atomic E-state index is 0.636. The van der Waals surface area contributed by atoms with E-state index in [0.717, 1.165) is 0 Å². The summed E-state index contributed by atoms with van der Waals surface area (Å²) in [5.41, 5.74) is 4.64. The number of hydrogen-bond donors (Lipinski definition) is 1. The van der Waals surface area contributed by atoms with Gasteiger partial charge in [-0.05, 0) is 68.7 Å². The van der Waals surface area contributed by atoms with Gasteiger partial charge in [-0.25, -0.2) is 0 Å². The lowest BCUT2D eigenvalue weighted by Gasteiger charge is -2.33. The molecule has 2 heteroatoms. The van der Waals surface area contributed by atoms with Crippen molar-refractivity contribution in [2.75, 3.05) is 18.0 Å². The molecule has 0 radical (unpaired) electrons. The summed E-state index contributed by atoms with van der Waals surface area (Å²) >= 11 is 0. The molecule has 1 heterocycles. The zero-order valence-electron chi connectivity index (χ0n) is 13.0. The lowest BCUT2D eigenvalue weighted by molar-refractivity contribution is 0.378. The summed E-state index contributed by atoms with van der Waals surface area (Å²) in [6.07, 6.45) is 7.66. The van der Waals surface area contributed by atoms with E-state index in [9.17, 15) is 0 Å². The first-order chi connectivity index (χ1) is 9.76. The fourth-order valence-corrected chi connectivity index (χ4v) is 3.68. The van der Waals surface area contributed by atoms with Gasteiger partial charge in [0.15, 0.2) is 0 Å². The lowest BCUT2D eigenvalue weighted by atomic mass is 10.0. The predicted octanol–water partition coefficient (Wildman–Crippen LogP) is 3.53. The van der Waals surface area contributed by atoms with Crippen LogP contribution in [0.25, 0.3) is 0 Å². The standard InChI is InChI=1S/C18H28N2/c1-3-17-10-12-20(11-9-14(2)19-17)18-8-7-15-5-4-6-16(15)13-18/h7-8,13-14,17,19H,3-6,9-12H2,1-2H3. The summed E-state index contributed by atoms with van der Waals surface area (Å²) in [7, 11) is 0. The number of hydrogen-bond acceptors (Lipinski definition) is 2. The van der Waals surface area contributed by atoms with Gasteiger partial charge in [0.1, 0.15) is 0 Å². The molecule has 1 aromatic rings. The van der Waals surface area contributed by atoms with Crippen molar-refractivity contribution >= 4 is 5.69 Å². The molecule has 110 valence electrons. The van der Waals surface area contributed by atoms with Gasteiger partial charge in [-0.3, -0.25) is 0 Å². The smallest absolute Gasteiger partial charge is 0.0369 e. The number of nitrogens with zero attached hydrogens (tertiary/aromatic N) is 1. The van der Waals surface area contributed by atoms with Crippen LogP contribution in [0, 0.1) is 0 Å². The minimum absolute atomic E-state index is 0.636. The maximum atomic E-state index is 3.76. The first-order valence-corrected chi connectivity index (χ1v) is 8.39. The average molecular weight is 272 g/mol. The number of fused-ring (bicyclic) bond motifs is 1. The van der Waals surface area contributed by atoms with Gasteiger partial charge < -0.3 is 10.2 Å². The highest BCUT2D eigenvalue weighted by atomic mass is 15.1. The van der Waals surface area contributed by atoms with Crippen LogP contribution in [0.1, 0.15) is 50.7 Å². The Kier molecular flexibility index (Phi) is 4.30. The highest BCUT2D eigenvalue weighted by Gasteiger charge is 2.19. The van der Waals surface area contributed by atoms with Crippen molar-refractivity contribution in [2.45, 2.75) is 64.5 Å². The second-order valence-corrected chi connectivity index (χ2v) is 6.54. The molecule has 0 amide bonds. The topological polar surface area (TPSA) is 15.3 Å². The van der Waals surface area contributed by atoms with Gasteiger partial charge in [-0.1, -0.05) is 13.0 Å². The lowest BCUT2D eigenvalue weighted by Crippen LogP contribution is -2.44. The van der Waals surface area contributed by atoms with E-state index in [-0.39, 0.29) is 0 Å². The van der Waals surface area contributed by atoms with Gasteiger partial charge in [0.2, 0.25) is 0 Å². The quantitative estimate of drug-likeness (QED) is 0.886. The summed E-state index contributed by atoms with van der Waals surface area (Å²) in [5.74, 6) is 0. The molecular formula is C18H28N2. The van der Waals surface area contributed by atoms with Crippen LogP contribution >= 0.6 is 0 Å². The summed E-state index contributed by atoms with van der Waals surface area (Å²) in [4.78, 5) is 2.61. The Hall–Kier alpha value is -1.02. The molecule has 2 atom stereocenters. The zero-order valence-corrected chi connectivity index (χ0v) is 13.0. The van der Waals surface area contributed by atoms with Crippen LogP contribution in [-0.2, 0) is 12.8 Å². The number of anilines is 1. The Labute approximate surface area is 123 Å². The van der Waals surface area contributed by atoms with Crippen molar-refractivity contribution in [2.24, 2.45) is 0 Å². The van der Waals surface area contributed by atoms with Crippen LogP contribution in [0.5, 0.6) is 0 Å². The van der Waals surface area contributed by atoms with Crippen molar-refractivity contribution in [1.29, 1.82) is 0 Å². The van der Waals surface area contributed by atoms with Crippen molar-refractivity contribution in [1.82, 2.24) is 5.32 Å². The number of benzene rings is 1. The highest BCUT2D eigenvalue weighted by molar-refractivity contribution is 5.52. The Morgan fingerprint density at radius 1 is 1.15 bits per heavy atom. The molecule has 0 spiro atoms. The van der Waals surface area contributed by atoms with Crippen LogP contribution in [0.15, 0.2) is 18.2 Å². The van der Waals surface area contributed by atoms with Crippen molar-refractivity contribution in [3.8, 4) is 0 Å². The minimum Gasteiger partial charge on any atom is -0.371 e. The molecule has 1 aliphatic heterocycles. The second kappa shape index (κ2) is 6.17. The molecule has 1 saturated heterocycles. The fourth-order valence-electron chi connectivity index (χ4n) is 3.68. The maximum absolute atomic E-state index is 3.76. The monoisotopic (exact) mass is 272 g/mol. The van der Waals surface area contributed by atoms with E-state index in [2.05, 4.69) is 42.3 Å². The van der Waals surface area contributed by atoms with E-state index < -0.39 is 0 Å². The third kappa shape index (κ3) is 3.01. The molecule has 0 bridgehead atoms. The van der Waals surface area contributed by atoms with Gasteiger partial charge in [-0.15, -0.1) is 0 Å². The molecule has 0 aromatic heterocycles. The van der Waals surface area contributed by atoms with Gasteiger partial charge in [0.25, 0.3) is 0 Å². The summed E-state index contributed by atoms with van der Waals surface area (Å²) in [6.45, 7) is 7.00. The summed E-state index contributed by atoms with van der Waals surface area (Å²) in [6, 6.07) is 8.50. The Morgan fingerprint density at radius 2 is 1.95 bits per heavy atom. The molecule has 3 rings (SSSR count). The van der Waals surface area contributed by atoms with Crippen molar-refractivity contribution < 1.29 is 0 Å². The highest BCUT2D eigenvalue weighted by Crippen LogP contribution is 2.27. The van der Waals surface area contributed by atoms with E-state index in [1.165, 1.54) is 57.3 Å². The molecule has 2 aliphatic rings. The third-order valence-corrected chi connectivity index (χ3v) is 5.04. The van der Waals surface area contributed by atoms with E-state index in [4.69, 9.17) is 0 Å². The number of nitrogens with one attached hydrogen (secondary N) is 1. The van der Waals surface area contributed by atoms with Crippen LogP contribution < -0.4 is 10.2 Å². The maximum Gasteiger partial charge on any atom is 0.0369 e. The molecule has 1 fully saturated rings. The van der Waals surface area contributed by atoms with Crippen LogP contribution in [0.2, 0.25) is 0 Å². The molecule has 0 saturated carbocycles. The predicted molar refractivity (Wildman–Crippen MR) is 86.6 cm³/mol. The molecule has 20 heavy (non-hydrogen) atoms. The molecule has 1 N–H and O–H groups in total. The summed E-state index contributed by atoms with van der Waals surface area (Å²) < 4.78 is 0. The van der Waals surface area contributed by atoms with E-state index in [0.29, 0.717) is 12.1 Å². The summed E-state index contributed by atoms with van der Waals surface area (Å²) in [5, 5.41) is 3.76. The Balaban J connectivity index is 1.74. The second-order valence-electron chi connectivity index (χ2n) is 6.54. The van der Waals surface area contributed by atoms with Crippen LogP contribution in [0.4, 0.5) is 5.69 Å². The van der Waals surface area contributed by atoms with Crippen molar-refractivity contribution in [3.05, 3.63) is 29.3 Å². The van der Waals surface area contributed by atoms with Crippen LogP contribution in [-0.4, -0.2) is 25.2 Å². The van der Waals surface area contributed by atoms with E-state index >= 15 is 0 Å². The number of rotatable bonds is 2. The number of aryl methyl sites for hydroxylation is 2. The Bertz CT molecular complexity index is 455. The molecule has 2 unspecified atom stereocenters.